The van der Waals surface area contributed by atoms with Crippen molar-refractivity contribution in [3.8, 4) is 0 Å². The molecular weight excluding hydrogens is 208 g/mol. The Labute approximate surface area is 93.4 Å². The van der Waals surface area contributed by atoms with Crippen molar-refractivity contribution < 1.29 is 14.3 Å². The number of ether oxygens (including phenoxy) is 1. The summed E-state index contributed by atoms with van der Waals surface area (Å²) in [6.07, 6.45) is 0.287. The van der Waals surface area contributed by atoms with E-state index in [4.69, 9.17) is 11.5 Å². The average Bonchev–Trinajstić information content (AvgIpc) is 2.27. The third-order valence-electron chi connectivity index (χ3n) is 1.81. The van der Waals surface area contributed by atoms with Crippen LogP contribution < -0.4 is 11.5 Å². The van der Waals surface area contributed by atoms with Gasteiger partial charge in [-0.25, -0.2) is 0 Å². The quantitative estimate of drug-likeness (QED) is 0.634. The molecule has 0 spiro atoms. The number of carbonyl (C=O) groups excluding carboxylic acids is 2. The smallest absolute Gasteiger partial charge is 0.323 e. The van der Waals surface area contributed by atoms with Crippen LogP contribution in [0.5, 0.6) is 0 Å². The first-order valence-corrected chi connectivity index (χ1v) is 4.67. The normalized spacial score (nSPS) is 11.3. The molecule has 5 heteroatoms. The lowest BCUT2D eigenvalue weighted by Crippen LogP contribution is -2.36. The Hall–Kier alpha value is -2.06. The first-order valence-electron chi connectivity index (χ1n) is 4.67. The number of nitrogens with two attached hydrogens (primary N) is 2. The van der Waals surface area contributed by atoms with Crippen molar-refractivity contribution in [1.29, 1.82) is 0 Å². The van der Waals surface area contributed by atoms with E-state index in [2.05, 4.69) is 16.9 Å². The van der Waals surface area contributed by atoms with Gasteiger partial charge in [0.25, 0.3) is 5.91 Å². The van der Waals surface area contributed by atoms with Crippen LogP contribution in [0.25, 0.3) is 0 Å². The molecule has 84 valence electrons. The van der Waals surface area contributed by atoms with Crippen LogP contribution in [0.4, 0.5) is 0 Å². The minimum absolute atomic E-state index is 0.287. The maximum absolute atomic E-state index is 11.3. The number of primary amides is 1. The SMILES string of the molecule is NC(=O)COC(=O)C(N)Cc1c#cccc1. The zero-order chi connectivity index (χ0) is 12.0. The van der Waals surface area contributed by atoms with Crippen LogP contribution >= 0.6 is 0 Å². The second kappa shape index (κ2) is 5.73. The van der Waals surface area contributed by atoms with Crippen LogP contribution in [0, 0.1) is 12.1 Å². The molecule has 0 aromatic heterocycles. The molecule has 0 saturated heterocycles. The zero-order valence-electron chi connectivity index (χ0n) is 8.60. The van der Waals surface area contributed by atoms with Gasteiger partial charge in [0.1, 0.15) is 6.04 Å². The van der Waals surface area contributed by atoms with E-state index >= 15 is 0 Å². The second-order valence-electron chi connectivity index (χ2n) is 3.21. The van der Waals surface area contributed by atoms with Gasteiger partial charge < -0.3 is 16.2 Å². The van der Waals surface area contributed by atoms with E-state index < -0.39 is 24.5 Å². The van der Waals surface area contributed by atoms with E-state index in [0.29, 0.717) is 0 Å². The summed E-state index contributed by atoms with van der Waals surface area (Å²) in [7, 11) is 0. The number of hydrogen-bond donors (Lipinski definition) is 2. The number of hydrogen-bond acceptors (Lipinski definition) is 4. The molecule has 1 atom stereocenters. The summed E-state index contributed by atoms with van der Waals surface area (Å²) in [5.41, 5.74) is 11.2. The highest BCUT2D eigenvalue weighted by molar-refractivity contribution is 5.81. The molecule has 0 radical (unpaired) electrons. The number of amides is 1. The maximum atomic E-state index is 11.3. The second-order valence-corrected chi connectivity index (χ2v) is 3.21. The zero-order valence-corrected chi connectivity index (χ0v) is 8.60. The fourth-order valence-electron chi connectivity index (χ4n) is 1.08. The summed E-state index contributed by atoms with van der Waals surface area (Å²) < 4.78 is 4.57. The third-order valence-corrected chi connectivity index (χ3v) is 1.81. The largest absolute Gasteiger partial charge is 0.454 e. The molecule has 0 saturated carbocycles. The predicted molar refractivity (Wildman–Crippen MR) is 55.9 cm³/mol. The van der Waals surface area contributed by atoms with Gasteiger partial charge in [-0.1, -0.05) is 18.2 Å². The summed E-state index contributed by atoms with van der Waals surface area (Å²) in [5, 5.41) is 0. The van der Waals surface area contributed by atoms with Crippen molar-refractivity contribution in [2.75, 3.05) is 6.61 Å². The van der Waals surface area contributed by atoms with Crippen molar-refractivity contribution in [3.63, 3.8) is 0 Å². The first kappa shape index (κ1) is 12.0. The molecule has 0 aliphatic carbocycles. The van der Waals surface area contributed by atoms with Gasteiger partial charge in [0.05, 0.1) is 0 Å². The Morgan fingerprint density at radius 3 is 2.81 bits per heavy atom. The van der Waals surface area contributed by atoms with Gasteiger partial charge >= 0.3 is 5.97 Å². The molecule has 0 fully saturated rings. The summed E-state index contributed by atoms with van der Waals surface area (Å²) in [4.78, 5) is 21.7. The summed E-state index contributed by atoms with van der Waals surface area (Å²) in [6, 6.07) is 9.98. The highest BCUT2D eigenvalue weighted by Gasteiger charge is 2.16. The average molecular weight is 220 g/mol. The van der Waals surface area contributed by atoms with Crippen molar-refractivity contribution in [2.45, 2.75) is 12.5 Å². The molecule has 16 heavy (non-hydrogen) atoms. The molecule has 1 aromatic carbocycles. The van der Waals surface area contributed by atoms with Crippen LogP contribution in [0.3, 0.4) is 0 Å². The lowest BCUT2D eigenvalue weighted by atomic mass is 10.1. The van der Waals surface area contributed by atoms with Gasteiger partial charge in [-0.15, -0.1) is 0 Å². The van der Waals surface area contributed by atoms with E-state index in [9.17, 15) is 9.59 Å². The molecule has 1 unspecified atom stereocenters. The fourth-order valence-corrected chi connectivity index (χ4v) is 1.08. The van der Waals surface area contributed by atoms with E-state index in [-0.39, 0.29) is 6.42 Å². The van der Waals surface area contributed by atoms with E-state index in [1.54, 1.807) is 18.2 Å². The lowest BCUT2D eigenvalue weighted by molar-refractivity contribution is -0.149. The summed E-state index contributed by atoms with van der Waals surface area (Å²) in [6.45, 7) is -0.447. The highest BCUT2D eigenvalue weighted by Crippen LogP contribution is 1.99. The number of carbonyl (C=O) groups is 2. The topological polar surface area (TPSA) is 95.4 Å². The van der Waals surface area contributed by atoms with E-state index in [1.165, 1.54) is 0 Å². The van der Waals surface area contributed by atoms with Gasteiger partial charge in [-0.05, 0) is 12.1 Å². The summed E-state index contributed by atoms with van der Waals surface area (Å²) >= 11 is 0. The van der Waals surface area contributed by atoms with E-state index in [1.807, 2.05) is 0 Å². The molecule has 0 aliphatic rings. The van der Waals surface area contributed by atoms with Crippen LogP contribution in [0.2, 0.25) is 0 Å². The monoisotopic (exact) mass is 220 g/mol. The Morgan fingerprint density at radius 1 is 1.50 bits per heavy atom. The number of rotatable bonds is 5. The summed E-state index contributed by atoms with van der Waals surface area (Å²) in [5.74, 6) is -1.36. The predicted octanol–water partition coefficient (Wildman–Crippen LogP) is -0.815. The van der Waals surface area contributed by atoms with Crippen molar-refractivity contribution in [3.05, 3.63) is 35.9 Å². The van der Waals surface area contributed by atoms with Gasteiger partial charge in [0.2, 0.25) is 0 Å². The molecule has 4 N–H and O–H groups in total. The van der Waals surface area contributed by atoms with Gasteiger partial charge in [0, 0.05) is 12.0 Å². The lowest BCUT2D eigenvalue weighted by Gasteiger charge is -2.09. The molecule has 0 bridgehead atoms. The standard InChI is InChI=1S/C11H12N2O3/c12-9(11(15)16-7-10(13)14)6-8-4-2-1-3-5-8/h1-2,4,9H,6-7,12H2,(H2,13,14). The molecule has 1 aromatic rings. The Kier molecular flexibility index (Phi) is 4.30. The van der Waals surface area contributed by atoms with Gasteiger partial charge in [-0.3, -0.25) is 9.59 Å². The van der Waals surface area contributed by atoms with Crippen LogP contribution in [-0.4, -0.2) is 24.5 Å². The van der Waals surface area contributed by atoms with Crippen molar-refractivity contribution in [2.24, 2.45) is 11.5 Å². The molecule has 5 nitrogen and oxygen atoms in total. The molecule has 0 heterocycles. The molecule has 0 aliphatic heterocycles. The Morgan fingerprint density at radius 2 is 2.25 bits per heavy atom. The first-order chi connectivity index (χ1) is 7.59. The van der Waals surface area contributed by atoms with Gasteiger partial charge in [0.15, 0.2) is 6.61 Å². The van der Waals surface area contributed by atoms with Crippen LogP contribution in [0.1, 0.15) is 5.56 Å². The Balaban J connectivity index is 2.43. The minimum atomic E-state index is -0.827. The van der Waals surface area contributed by atoms with Crippen molar-refractivity contribution >= 4 is 11.9 Å². The molecule has 1 rings (SSSR count). The Bertz CT molecular complexity index is 365. The maximum Gasteiger partial charge on any atom is 0.323 e. The molecular formula is C11H12N2O3. The minimum Gasteiger partial charge on any atom is -0.454 e. The van der Waals surface area contributed by atoms with Crippen molar-refractivity contribution in [1.82, 2.24) is 0 Å². The number of esters is 1. The highest BCUT2D eigenvalue weighted by atomic mass is 16.5. The van der Waals surface area contributed by atoms with Crippen LogP contribution in [0.15, 0.2) is 18.2 Å². The van der Waals surface area contributed by atoms with Crippen LogP contribution in [-0.2, 0) is 20.7 Å². The molecule has 1 amide bonds. The van der Waals surface area contributed by atoms with Gasteiger partial charge in [-0.2, -0.15) is 0 Å². The fraction of sp³-hybridized carbons (Fsp3) is 0.273. The van der Waals surface area contributed by atoms with E-state index in [0.717, 1.165) is 5.56 Å². The third kappa shape index (κ3) is 3.98.